The Morgan fingerprint density at radius 3 is 2.03 bits per heavy atom. The maximum absolute atomic E-state index is 12.2. The van der Waals surface area contributed by atoms with Crippen LogP contribution in [-0.2, 0) is 15.9 Å². The number of nitrogens with one attached hydrogen (secondary N) is 2. The first-order valence-electron chi connectivity index (χ1n) is 9.23. The van der Waals surface area contributed by atoms with Gasteiger partial charge >= 0.3 is 12.1 Å². The molecule has 7 heteroatoms. The number of hydrogen-bond donors (Lipinski definition) is 2. The first-order chi connectivity index (χ1) is 13.7. The van der Waals surface area contributed by atoms with Gasteiger partial charge < -0.3 is 14.8 Å². The van der Waals surface area contributed by atoms with Crippen LogP contribution in [0.25, 0.3) is 0 Å². The van der Waals surface area contributed by atoms with Crippen molar-refractivity contribution in [3.8, 4) is 0 Å². The van der Waals surface area contributed by atoms with Crippen LogP contribution in [0.3, 0.4) is 0 Å². The Morgan fingerprint density at radius 2 is 1.48 bits per heavy atom. The number of rotatable bonds is 6. The van der Waals surface area contributed by atoms with Crippen LogP contribution >= 0.6 is 0 Å². The van der Waals surface area contributed by atoms with E-state index < -0.39 is 17.7 Å². The van der Waals surface area contributed by atoms with Crippen molar-refractivity contribution in [2.24, 2.45) is 0 Å². The van der Waals surface area contributed by atoms with Gasteiger partial charge in [0.1, 0.15) is 5.60 Å². The van der Waals surface area contributed by atoms with Gasteiger partial charge in [0.05, 0.1) is 12.7 Å². The number of carbonyl (C=O) groups excluding carboxylic acids is 3. The summed E-state index contributed by atoms with van der Waals surface area (Å²) in [6.07, 6.45) is 0.134. The summed E-state index contributed by atoms with van der Waals surface area (Å²) in [7, 11) is 1.31. The maximum Gasteiger partial charge on any atom is 0.412 e. The molecular formula is C22H26N2O5. The molecule has 2 aromatic rings. The Bertz CT molecular complexity index is 852. The van der Waals surface area contributed by atoms with Crippen molar-refractivity contribution in [3.63, 3.8) is 0 Å². The lowest BCUT2D eigenvalue weighted by atomic mass is 10.1. The zero-order valence-electron chi connectivity index (χ0n) is 17.1. The van der Waals surface area contributed by atoms with Crippen LogP contribution in [0.15, 0.2) is 48.5 Å². The first-order valence-corrected chi connectivity index (χ1v) is 9.23. The molecule has 0 saturated carbocycles. The molecule has 0 unspecified atom stereocenters. The summed E-state index contributed by atoms with van der Waals surface area (Å²) in [5.41, 5.74) is 1.96. The lowest BCUT2D eigenvalue weighted by Crippen LogP contribution is -2.27. The molecule has 0 atom stereocenters. The third kappa shape index (κ3) is 7.29. The lowest BCUT2D eigenvalue weighted by molar-refractivity contribution is 0.0598. The van der Waals surface area contributed by atoms with Gasteiger partial charge in [0.25, 0.3) is 5.91 Å². The predicted molar refractivity (Wildman–Crippen MR) is 110 cm³/mol. The molecule has 29 heavy (non-hydrogen) atoms. The fraction of sp³-hybridized carbons (Fsp3) is 0.318. The van der Waals surface area contributed by atoms with Gasteiger partial charge in [-0.05, 0) is 69.2 Å². The summed E-state index contributed by atoms with van der Waals surface area (Å²) in [5, 5.41) is 5.51. The second kappa shape index (κ2) is 9.73. The number of esters is 1. The van der Waals surface area contributed by atoms with Gasteiger partial charge in [-0.25, -0.2) is 9.59 Å². The number of methoxy groups -OCH3 is 1. The Kier molecular flexibility index (Phi) is 7.36. The molecule has 0 saturated heterocycles. The highest BCUT2D eigenvalue weighted by Gasteiger charge is 2.16. The number of anilines is 1. The normalized spacial score (nSPS) is 10.8. The van der Waals surface area contributed by atoms with Crippen molar-refractivity contribution in [1.29, 1.82) is 0 Å². The Morgan fingerprint density at radius 1 is 0.897 bits per heavy atom. The van der Waals surface area contributed by atoms with E-state index in [1.165, 1.54) is 7.11 Å². The third-order valence-corrected chi connectivity index (χ3v) is 3.87. The molecule has 7 nitrogen and oxygen atoms in total. The summed E-state index contributed by atoms with van der Waals surface area (Å²) >= 11 is 0. The van der Waals surface area contributed by atoms with Crippen molar-refractivity contribution in [2.45, 2.75) is 32.8 Å². The molecule has 2 aromatic carbocycles. The molecule has 0 aromatic heterocycles. The van der Waals surface area contributed by atoms with Gasteiger partial charge in [0, 0.05) is 17.8 Å². The van der Waals surface area contributed by atoms with Gasteiger partial charge in [-0.2, -0.15) is 0 Å². The first kappa shape index (κ1) is 21.9. The molecule has 2 N–H and O–H groups in total. The van der Waals surface area contributed by atoms with E-state index in [0.29, 0.717) is 29.8 Å². The number of ether oxygens (including phenoxy) is 2. The monoisotopic (exact) mass is 398 g/mol. The Labute approximate surface area is 170 Å². The van der Waals surface area contributed by atoms with Crippen LogP contribution in [0.2, 0.25) is 0 Å². The Balaban J connectivity index is 1.80. The second-order valence-electron chi connectivity index (χ2n) is 7.40. The fourth-order valence-corrected chi connectivity index (χ4v) is 2.47. The number of benzene rings is 2. The molecule has 0 aliphatic heterocycles. The summed E-state index contributed by atoms with van der Waals surface area (Å²) in [4.78, 5) is 35.4. The number of amides is 2. The molecule has 0 bridgehead atoms. The lowest BCUT2D eigenvalue weighted by Gasteiger charge is -2.19. The van der Waals surface area contributed by atoms with Crippen molar-refractivity contribution >= 4 is 23.7 Å². The standard InChI is InChI=1S/C22H26N2O5/c1-22(2,3)29-21(27)24-18-11-5-15(6-12-18)13-14-23-19(25)16-7-9-17(10-8-16)20(26)28-4/h5-12H,13-14H2,1-4H3,(H,23,25)(H,24,27). The largest absolute Gasteiger partial charge is 0.465 e. The predicted octanol–water partition coefficient (Wildman–Crippen LogP) is 3.79. The van der Waals surface area contributed by atoms with E-state index in [2.05, 4.69) is 15.4 Å². The third-order valence-electron chi connectivity index (χ3n) is 3.87. The van der Waals surface area contributed by atoms with E-state index >= 15 is 0 Å². The maximum atomic E-state index is 12.2. The van der Waals surface area contributed by atoms with Crippen LogP contribution in [0.5, 0.6) is 0 Å². The molecule has 2 amide bonds. The van der Waals surface area contributed by atoms with E-state index in [1.807, 2.05) is 12.1 Å². The smallest absolute Gasteiger partial charge is 0.412 e. The number of hydrogen-bond acceptors (Lipinski definition) is 5. The molecular weight excluding hydrogens is 372 g/mol. The molecule has 0 fully saturated rings. The molecule has 0 radical (unpaired) electrons. The topological polar surface area (TPSA) is 93.7 Å². The minimum absolute atomic E-state index is 0.218. The summed E-state index contributed by atoms with van der Waals surface area (Å²) in [6, 6.07) is 13.6. The summed E-state index contributed by atoms with van der Waals surface area (Å²) in [5.74, 6) is -0.661. The average molecular weight is 398 g/mol. The van der Waals surface area contributed by atoms with Gasteiger partial charge in [-0.3, -0.25) is 10.1 Å². The quantitative estimate of drug-likeness (QED) is 0.722. The molecule has 2 rings (SSSR count). The van der Waals surface area contributed by atoms with Crippen LogP contribution in [-0.4, -0.2) is 37.2 Å². The molecule has 0 heterocycles. The minimum atomic E-state index is -0.554. The van der Waals surface area contributed by atoms with Crippen LogP contribution in [0.1, 0.15) is 47.1 Å². The molecule has 154 valence electrons. The van der Waals surface area contributed by atoms with E-state index in [-0.39, 0.29) is 5.91 Å². The molecule has 0 aliphatic rings. The van der Waals surface area contributed by atoms with Crippen LogP contribution < -0.4 is 10.6 Å². The van der Waals surface area contributed by atoms with Gasteiger partial charge in [-0.1, -0.05) is 12.1 Å². The van der Waals surface area contributed by atoms with Crippen molar-refractivity contribution < 1.29 is 23.9 Å². The average Bonchev–Trinajstić information content (AvgIpc) is 2.67. The van der Waals surface area contributed by atoms with E-state index in [1.54, 1.807) is 57.2 Å². The highest BCUT2D eigenvalue weighted by molar-refractivity contribution is 5.96. The van der Waals surface area contributed by atoms with Crippen LogP contribution in [0.4, 0.5) is 10.5 Å². The fourth-order valence-electron chi connectivity index (χ4n) is 2.47. The molecule has 0 aliphatic carbocycles. The van der Waals surface area contributed by atoms with Gasteiger partial charge in [-0.15, -0.1) is 0 Å². The zero-order chi connectivity index (χ0) is 21.4. The summed E-state index contributed by atoms with van der Waals surface area (Å²) in [6.45, 7) is 5.86. The van der Waals surface area contributed by atoms with Crippen molar-refractivity contribution in [1.82, 2.24) is 5.32 Å². The van der Waals surface area contributed by atoms with E-state index in [9.17, 15) is 14.4 Å². The van der Waals surface area contributed by atoms with E-state index in [4.69, 9.17) is 4.74 Å². The molecule has 0 spiro atoms. The van der Waals surface area contributed by atoms with Gasteiger partial charge in [0.2, 0.25) is 0 Å². The van der Waals surface area contributed by atoms with Crippen LogP contribution in [0, 0.1) is 0 Å². The highest BCUT2D eigenvalue weighted by Crippen LogP contribution is 2.13. The Hall–Kier alpha value is -3.35. The van der Waals surface area contributed by atoms with Gasteiger partial charge in [0.15, 0.2) is 0 Å². The van der Waals surface area contributed by atoms with E-state index in [0.717, 1.165) is 5.56 Å². The number of carbonyl (C=O) groups is 3. The highest BCUT2D eigenvalue weighted by atomic mass is 16.6. The minimum Gasteiger partial charge on any atom is -0.465 e. The second-order valence-corrected chi connectivity index (χ2v) is 7.40. The van der Waals surface area contributed by atoms with Crippen molar-refractivity contribution in [2.75, 3.05) is 19.0 Å². The summed E-state index contributed by atoms with van der Waals surface area (Å²) < 4.78 is 9.84. The zero-order valence-corrected chi connectivity index (χ0v) is 17.1. The SMILES string of the molecule is COC(=O)c1ccc(C(=O)NCCc2ccc(NC(=O)OC(C)(C)C)cc2)cc1. The van der Waals surface area contributed by atoms with Crippen molar-refractivity contribution in [3.05, 3.63) is 65.2 Å².